The molecule has 1 fully saturated rings. The molecule has 0 radical (unpaired) electrons. The number of nitrogens with zero attached hydrogens (tertiary/aromatic N) is 2. The standard InChI is InChI=1S/C19H21N3O3S/c1-25-16-5-3-2-4-15(16)22-12-14(10-18(22)23)20-19(24)21-8-6-17-13(11-21)7-9-26-17/h2-5,7,9,14H,6,8,10-12H2,1H3,(H,20,24)/t14-/m0/s1. The molecule has 1 saturated heterocycles. The van der Waals surface area contributed by atoms with Crippen LogP contribution in [0, 0.1) is 0 Å². The second-order valence-electron chi connectivity index (χ2n) is 6.57. The molecule has 1 atom stereocenters. The molecule has 2 aliphatic rings. The summed E-state index contributed by atoms with van der Waals surface area (Å²) >= 11 is 1.75. The lowest BCUT2D eigenvalue weighted by molar-refractivity contribution is -0.117. The van der Waals surface area contributed by atoms with Gasteiger partial charge in [0.1, 0.15) is 5.75 Å². The van der Waals surface area contributed by atoms with Gasteiger partial charge in [0.15, 0.2) is 0 Å². The zero-order valence-electron chi connectivity index (χ0n) is 14.6. The van der Waals surface area contributed by atoms with Crippen molar-refractivity contribution >= 4 is 29.0 Å². The summed E-state index contributed by atoms with van der Waals surface area (Å²) in [6.45, 7) is 1.82. The number of carbonyl (C=O) groups excluding carboxylic acids is 2. The van der Waals surface area contributed by atoms with Gasteiger partial charge in [0, 0.05) is 30.9 Å². The Kier molecular flexibility index (Phi) is 4.55. The molecule has 0 aliphatic carbocycles. The fraction of sp³-hybridized carbons (Fsp3) is 0.368. The van der Waals surface area contributed by atoms with Crippen LogP contribution in [0.25, 0.3) is 0 Å². The third-order valence-electron chi connectivity index (χ3n) is 4.92. The molecule has 3 amide bonds. The number of ether oxygens (including phenoxy) is 1. The Labute approximate surface area is 156 Å². The van der Waals surface area contributed by atoms with Crippen LogP contribution in [-0.4, -0.2) is 43.1 Å². The summed E-state index contributed by atoms with van der Waals surface area (Å²) in [7, 11) is 1.59. The Hall–Kier alpha value is -2.54. The maximum absolute atomic E-state index is 12.6. The number of rotatable bonds is 3. The molecule has 2 aromatic rings. The molecule has 26 heavy (non-hydrogen) atoms. The molecule has 136 valence electrons. The first-order valence-electron chi connectivity index (χ1n) is 8.70. The van der Waals surface area contributed by atoms with E-state index < -0.39 is 0 Å². The number of methoxy groups -OCH3 is 1. The minimum atomic E-state index is -0.191. The summed E-state index contributed by atoms with van der Waals surface area (Å²) in [6, 6.07) is 9.25. The highest BCUT2D eigenvalue weighted by atomic mass is 32.1. The van der Waals surface area contributed by atoms with Gasteiger partial charge in [0.2, 0.25) is 5.91 Å². The molecule has 1 N–H and O–H groups in total. The van der Waals surface area contributed by atoms with E-state index in [-0.39, 0.29) is 18.0 Å². The van der Waals surface area contributed by atoms with E-state index >= 15 is 0 Å². The molecule has 4 rings (SSSR count). The van der Waals surface area contributed by atoms with E-state index in [0.29, 0.717) is 25.3 Å². The van der Waals surface area contributed by atoms with Crippen molar-refractivity contribution in [2.45, 2.75) is 25.4 Å². The van der Waals surface area contributed by atoms with Gasteiger partial charge in [-0.3, -0.25) is 4.79 Å². The highest BCUT2D eigenvalue weighted by Gasteiger charge is 2.34. The van der Waals surface area contributed by atoms with Gasteiger partial charge in [-0.2, -0.15) is 0 Å². The summed E-state index contributed by atoms with van der Waals surface area (Å²) in [6.07, 6.45) is 1.21. The second kappa shape index (κ2) is 6.99. The average molecular weight is 371 g/mol. The number of urea groups is 1. The van der Waals surface area contributed by atoms with Crippen LogP contribution in [0.1, 0.15) is 16.9 Å². The summed E-state index contributed by atoms with van der Waals surface area (Å²) in [4.78, 5) is 30.0. The van der Waals surface area contributed by atoms with Crippen LogP contribution in [0.3, 0.4) is 0 Å². The number of fused-ring (bicyclic) bond motifs is 1. The number of nitrogens with one attached hydrogen (secondary N) is 1. The topological polar surface area (TPSA) is 61.9 Å². The number of carbonyl (C=O) groups is 2. The number of hydrogen-bond acceptors (Lipinski definition) is 4. The summed E-state index contributed by atoms with van der Waals surface area (Å²) in [5.74, 6) is 0.660. The van der Waals surface area contributed by atoms with Gasteiger partial charge in [-0.05, 0) is 35.6 Å². The highest BCUT2D eigenvalue weighted by Crippen LogP contribution is 2.31. The highest BCUT2D eigenvalue weighted by molar-refractivity contribution is 7.10. The molecule has 6 nitrogen and oxygen atoms in total. The zero-order chi connectivity index (χ0) is 18.1. The number of amides is 3. The van der Waals surface area contributed by atoms with Crippen molar-refractivity contribution in [2.24, 2.45) is 0 Å². The first-order valence-corrected chi connectivity index (χ1v) is 9.57. The van der Waals surface area contributed by atoms with Gasteiger partial charge in [0.25, 0.3) is 0 Å². The van der Waals surface area contributed by atoms with Gasteiger partial charge < -0.3 is 19.9 Å². The minimum absolute atomic E-state index is 0.00133. The van der Waals surface area contributed by atoms with Crippen LogP contribution in [0.5, 0.6) is 5.75 Å². The van der Waals surface area contributed by atoms with Crippen LogP contribution >= 0.6 is 11.3 Å². The van der Waals surface area contributed by atoms with E-state index in [1.165, 1.54) is 10.4 Å². The monoisotopic (exact) mass is 371 g/mol. The predicted octanol–water partition coefficient (Wildman–Crippen LogP) is 2.63. The SMILES string of the molecule is COc1ccccc1N1C[C@@H](NC(=O)N2CCc3sccc3C2)CC1=O. The van der Waals surface area contributed by atoms with E-state index in [4.69, 9.17) is 4.74 Å². The van der Waals surface area contributed by atoms with Gasteiger partial charge in [0.05, 0.1) is 18.8 Å². The molecular formula is C19H21N3O3S. The largest absolute Gasteiger partial charge is 0.495 e. The third kappa shape index (κ3) is 3.14. The zero-order valence-corrected chi connectivity index (χ0v) is 15.4. The van der Waals surface area contributed by atoms with Crippen LogP contribution in [0.4, 0.5) is 10.5 Å². The van der Waals surface area contributed by atoms with Gasteiger partial charge in [-0.1, -0.05) is 12.1 Å². The Morgan fingerprint density at radius 1 is 1.31 bits per heavy atom. The molecule has 7 heteroatoms. The number of anilines is 1. The molecule has 0 spiro atoms. The number of hydrogen-bond donors (Lipinski definition) is 1. The molecule has 3 heterocycles. The first-order chi connectivity index (χ1) is 12.7. The third-order valence-corrected chi connectivity index (χ3v) is 5.95. The molecule has 0 unspecified atom stereocenters. The van der Waals surface area contributed by atoms with E-state index in [2.05, 4.69) is 16.8 Å². The normalized spacial score (nSPS) is 19.4. The molecular weight excluding hydrogens is 350 g/mol. The maximum atomic E-state index is 12.6. The van der Waals surface area contributed by atoms with Crippen molar-refractivity contribution in [3.05, 3.63) is 46.2 Å². The summed E-state index contributed by atoms with van der Waals surface area (Å²) in [5.41, 5.74) is 1.98. The van der Waals surface area contributed by atoms with Crippen molar-refractivity contribution in [1.82, 2.24) is 10.2 Å². The van der Waals surface area contributed by atoms with Crippen molar-refractivity contribution in [3.8, 4) is 5.75 Å². The van der Waals surface area contributed by atoms with E-state index in [1.54, 1.807) is 23.3 Å². The van der Waals surface area contributed by atoms with Crippen molar-refractivity contribution < 1.29 is 14.3 Å². The smallest absolute Gasteiger partial charge is 0.318 e. The fourth-order valence-electron chi connectivity index (χ4n) is 3.58. The van der Waals surface area contributed by atoms with E-state index in [1.807, 2.05) is 29.2 Å². The molecule has 1 aromatic carbocycles. The predicted molar refractivity (Wildman–Crippen MR) is 101 cm³/mol. The Bertz CT molecular complexity index is 835. The molecule has 0 saturated carbocycles. The lowest BCUT2D eigenvalue weighted by Crippen LogP contribution is -2.47. The van der Waals surface area contributed by atoms with Gasteiger partial charge >= 0.3 is 6.03 Å². The molecule has 1 aromatic heterocycles. The lowest BCUT2D eigenvalue weighted by Gasteiger charge is -2.28. The molecule has 2 aliphatic heterocycles. The Morgan fingerprint density at radius 3 is 3.00 bits per heavy atom. The van der Waals surface area contributed by atoms with Crippen LogP contribution in [-0.2, 0) is 17.8 Å². The number of para-hydroxylation sites is 2. The summed E-state index contributed by atoms with van der Waals surface area (Å²) in [5, 5.41) is 5.10. The fourth-order valence-corrected chi connectivity index (χ4v) is 4.47. The maximum Gasteiger partial charge on any atom is 0.318 e. The van der Waals surface area contributed by atoms with Gasteiger partial charge in [-0.15, -0.1) is 11.3 Å². The van der Waals surface area contributed by atoms with Crippen molar-refractivity contribution in [2.75, 3.05) is 25.1 Å². The Balaban J connectivity index is 1.41. The van der Waals surface area contributed by atoms with Crippen LogP contribution in [0.15, 0.2) is 35.7 Å². The van der Waals surface area contributed by atoms with E-state index in [0.717, 1.165) is 18.7 Å². The van der Waals surface area contributed by atoms with E-state index in [9.17, 15) is 9.59 Å². The lowest BCUT2D eigenvalue weighted by atomic mass is 10.1. The van der Waals surface area contributed by atoms with Crippen LogP contribution in [0.2, 0.25) is 0 Å². The summed E-state index contributed by atoms with van der Waals surface area (Å²) < 4.78 is 5.35. The molecule has 0 bridgehead atoms. The number of benzene rings is 1. The van der Waals surface area contributed by atoms with Crippen molar-refractivity contribution in [3.63, 3.8) is 0 Å². The van der Waals surface area contributed by atoms with Crippen LogP contribution < -0.4 is 15.0 Å². The number of thiophene rings is 1. The quantitative estimate of drug-likeness (QED) is 0.902. The van der Waals surface area contributed by atoms with Crippen molar-refractivity contribution in [1.29, 1.82) is 0 Å². The first kappa shape index (κ1) is 16.9. The average Bonchev–Trinajstić information content (AvgIpc) is 3.27. The minimum Gasteiger partial charge on any atom is -0.495 e. The van der Waals surface area contributed by atoms with Gasteiger partial charge in [-0.25, -0.2) is 4.79 Å². The second-order valence-corrected chi connectivity index (χ2v) is 7.57. The Morgan fingerprint density at radius 2 is 2.15 bits per heavy atom.